The van der Waals surface area contributed by atoms with Gasteiger partial charge in [0.1, 0.15) is 11.5 Å². The van der Waals surface area contributed by atoms with Crippen molar-refractivity contribution in [3.05, 3.63) is 54.1 Å². The third-order valence-corrected chi connectivity index (χ3v) is 6.23. The van der Waals surface area contributed by atoms with Crippen LogP contribution in [-0.4, -0.2) is 51.1 Å². The molecule has 0 aromatic heterocycles. The van der Waals surface area contributed by atoms with Crippen LogP contribution in [0.3, 0.4) is 0 Å². The monoisotopic (exact) mass is 405 g/mol. The second kappa shape index (κ2) is 8.30. The number of rotatable bonds is 5. The molecule has 7 nitrogen and oxygen atoms in total. The summed E-state index contributed by atoms with van der Waals surface area (Å²) in [5, 5.41) is 0. The molecule has 8 heteroatoms. The number of ether oxygens (including phenoxy) is 3. The van der Waals surface area contributed by atoms with E-state index in [4.69, 9.17) is 14.2 Å². The number of esters is 1. The van der Waals surface area contributed by atoms with Crippen molar-refractivity contribution in [2.24, 2.45) is 0 Å². The number of carbonyl (C=O) groups is 1. The Morgan fingerprint density at radius 3 is 2.04 bits per heavy atom. The van der Waals surface area contributed by atoms with E-state index < -0.39 is 16.0 Å². The van der Waals surface area contributed by atoms with Crippen LogP contribution in [0, 0.1) is 0 Å². The minimum atomic E-state index is -3.65. The van der Waals surface area contributed by atoms with Crippen LogP contribution < -0.4 is 9.47 Å². The molecule has 1 saturated heterocycles. The van der Waals surface area contributed by atoms with Crippen molar-refractivity contribution in [3.8, 4) is 11.5 Å². The molecule has 2 aromatic carbocycles. The lowest BCUT2D eigenvalue weighted by atomic mass is 10.2. The van der Waals surface area contributed by atoms with E-state index in [1.54, 1.807) is 31.4 Å². The molecule has 0 saturated carbocycles. The van der Waals surface area contributed by atoms with Gasteiger partial charge in [-0.25, -0.2) is 13.2 Å². The molecular weight excluding hydrogens is 382 g/mol. The summed E-state index contributed by atoms with van der Waals surface area (Å²) in [6.07, 6.45) is -0.338. The highest BCUT2D eigenvalue weighted by Gasteiger charge is 2.32. The fourth-order valence-electron chi connectivity index (χ4n) is 3.05. The van der Waals surface area contributed by atoms with Gasteiger partial charge in [0.05, 0.1) is 29.8 Å². The van der Waals surface area contributed by atoms with E-state index in [1.165, 1.54) is 28.6 Å². The summed E-state index contributed by atoms with van der Waals surface area (Å²) >= 11 is 0. The van der Waals surface area contributed by atoms with Gasteiger partial charge in [0.25, 0.3) is 0 Å². The summed E-state index contributed by atoms with van der Waals surface area (Å²) in [7, 11) is -2.10. The van der Waals surface area contributed by atoms with E-state index in [1.807, 2.05) is 13.8 Å². The summed E-state index contributed by atoms with van der Waals surface area (Å²) < 4.78 is 43.1. The van der Waals surface area contributed by atoms with E-state index in [0.717, 1.165) is 0 Å². The van der Waals surface area contributed by atoms with Crippen LogP contribution in [0.1, 0.15) is 24.2 Å². The van der Waals surface area contributed by atoms with Crippen molar-refractivity contribution in [1.29, 1.82) is 0 Å². The number of methoxy groups -OCH3 is 1. The lowest BCUT2D eigenvalue weighted by Crippen LogP contribution is -2.48. The lowest BCUT2D eigenvalue weighted by molar-refractivity contribution is -0.0440. The zero-order valence-corrected chi connectivity index (χ0v) is 16.8. The topological polar surface area (TPSA) is 82.1 Å². The fraction of sp³-hybridized carbons (Fsp3) is 0.350. The van der Waals surface area contributed by atoms with Crippen LogP contribution in [0.5, 0.6) is 11.5 Å². The molecule has 0 bridgehead atoms. The van der Waals surface area contributed by atoms with Gasteiger partial charge in [0, 0.05) is 13.1 Å². The van der Waals surface area contributed by atoms with Crippen LogP contribution in [0.15, 0.2) is 53.4 Å². The van der Waals surface area contributed by atoms with E-state index in [-0.39, 0.29) is 22.7 Å². The van der Waals surface area contributed by atoms with E-state index >= 15 is 0 Å². The molecule has 0 amide bonds. The molecule has 2 aromatic rings. The van der Waals surface area contributed by atoms with E-state index in [2.05, 4.69) is 0 Å². The number of morpholine rings is 1. The molecule has 150 valence electrons. The van der Waals surface area contributed by atoms with Crippen LogP contribution in [0.25, 0.3) is 0 Å². The Labute approximate surface area is 164 Å². The van der Waals surface area contributed by atoms with Gasteiger partial charge in [-0.3, -0.25) is 0 Å². The largest absolute Gasteiger partial charge is 0.497 e. The van der Waals surface area contributed by atoms with Crippen molar-refractivity contribution < 1.29 is 27.4 Å². The minimum Gasteiger partial charge on any atom is -0.497 e. The molecule has 1 heterocycles. The van der Waals surface area contributed by atoms with Crippen LogP contribution >= 0.6 is 0 Å². The molecule has 3 rings (SSSR count). The molecule has 1 aliphatic heterocycles. The van der Waals surface area contributed by atoms with Gasteiger partial charge in [-0.1, -0.05) is 0 Å². The van der Waals surface area contributed by atoms with Crippen LogP contribution in [-0.2, 0) is 14.8 Å². The Bertz CT molecular complexity index is 914. The summed E-state index contributed by atoms with van der Waals surface area (Å²) in [4.78, 5) is 12.4. The van der Waals surface area contributed by atoms with Gasteiger partial charge in [0.15, 0.2) is 0 Å². The predicted molar refractivity (Wildman–Crippen MR) is 103 cm³/mol. The molecule has 1 fully saturated rings. The first kappa shape index (κ1) is 20.3. The lowest BCUT2D eigenvalue weighted by Gasteiger charge is -2.34. The van der Waals surface area contributed by atoms with Crippen molar-refractivity contribution in [1.82, 2.24) is 4.31 Å². The maximum Gasteiger partial charge on any atom is 0.343 e. The maximum absolute atomic E-state index is 12.9. The standard InChI is InChI=1S/C20H23NO6S/c1-14-12-21(13-15(2)26-14)28(23,24)19-10-4-16(5-11-19)20(22)27-18-8-6-17(25-3)7-9-18/h4-11,14-15H,12-13H2,1-3H3/t14-,15-/m0/s1. The van der Waals surface area contributed by atoms with Crippen molar-refractivity contribution in [2.75, 3.05) is 20.2 Å². The Morgan fingerprint density at radius 1 is 0.964 bits per heavy atom. The summed E-state index contributed by atoms with van der Waals surface area (Å²) in [5.41, 5.74) is 0.262. The molecular formula is C20H23NO6S. The first-order valence-electron chi connectivity index (χ1n) is 8.91. The van der Waals surface area contributed by atoms with Gasteiger partial charge in [0.2, 0.25) is 10.0 Å². The smallest absolute Gasteiger partial charge is 0.343 e. The van der Waals surface area contributed by atoms with Crippen molar-refractivity contribution >= 4 is 16.0 Å². The van der Waals surface area contributed by atoms with Crippen molar-refractivity contribution in [2.45, 2.75) is 31.0 Å². The Balaban J connectivity index is 1.72. The van der Waals surface area contributed by atoms with Crippen LogP contribution in [0.4, 0.5) is 0 Å². The minimum absolute atomic E-state index is 0.134. The highest BCUT2D eigenvalue weighted by molar-refractivity contribution is 7.89. The zero-order chi connectivity index (χ0) is 20.3. The number of sulfonamides is 1. The molecule has 2 atom stereocenters. The molecule has 28 heavy (non-hydrogen) atoms. The average molecular weight is 405 g/mol. The second-order valence-electron chi connectivity index (χ2n) is 6.67. The second-order valence-corrected chi connectivity index (χ2v) is 8.61. The maximum atomic E-state index is 12.9. The number of carbonyl (C=O) groups excluding carboxylic acids is 1. The molecule has 0 aliphatic carbocycles. The molecule has 0 unspecified atom stereocenters. The summed E-state index contributed by atoms with van der Waals surface area (Å²) in [5.74, 6) is 0.461. The number of benzene rings is 2. The van der Waals surface area contributed by atoms with Gasteiger partial charge in [-0.15, -0.1) is 0 Å². The normalized spacial score (nSPS) is 20.5. The summed E-state index contributed by atoms with van der Waals surface area (Å²) in [6.45, 7) is 4.29. The highest BCUT2D eigenvalue weighted by Crippen LogP contribution is 2.22. The van der Waals surface area contributed by atoms with Gasteiger partial charge in [-0.05, 0) is 62.4 Å². The first-order chi connectivity index (χ1) is 13.3. The Morgan fingerprint density at radius 2 is 1.50 bits per heavy atom. The fourth-order valence-corrected chi connectivity index (χ4v) is 4.64. The van der Waals surface area contributed by atoms with E-state index in [0.29, 0.717) is 24.6 Å². The Hall–Kier alpha value is -2.42. The SMILES string of the molecule is COc1ccc(OC(=O)c2ccc(S(=O)(=O)N3C[C@H](C)O[C@@H](C)C3)cc2)cc1. The zero-order valence-electron chi connectivity index (χ0n) is 16.0. The van der Waals surface area contributed by atoms with E-state index in [9.17, 15) is 13.2 Å². The Kier molecular flexibility index (Phi) is 6.02. The van der Waals surface area contributed by atoms with Gasteiger partial charge in [-0.2, -0.15) is 4.31 Å². The number of hydrogen-bond acceptors (Lipinski definition) is 6. The van der Waals surface area contributed by atoms with Crippen LogP contribution in [0.2, 0.25) is 0 Å². The molecule has 0 N–H and O–H groups in total. The molecule has 1 aliphatic rings. The molecule has 0 spiro atoms. The first-order valence-corrected chi connectivity index (χ1v) is 10.4. The third-order valence-electron chi connectivity index (χ3n) is 4.38. The van der Waals surface area contributed by atoms with Gasteiger partial charge >= 0.3 is 5.97 Å². The quantitative estimate of drug-likeness (QED) is 0.562. The summed E-state index contributed by atoms with van der Waals surface area (Å²) in [6, 6.07) is 12.4. The number of nitrogens with zero attached hydrogens (tertiary/aromatic N) is 1. The third kappa shape index (κ3) is 4.52. The molecule has 0 radical (unpaired) electrons. The predicted octanol–water partition coefficient (Wildman–Crippen LogP) is 2.71. The van der Waals surface area contributed by atoms with Gasteiger partial charge < -0.3 is 14.2 Å². The number of hydrogen-bond donors (Lipinski definition) is 0. The van der Waals surface area contributed by atoms with Crippen molar-refractivity contribution in [3.63, 3.8) is 0 Å². The average Bonchev–Trinajstić information content (AvgIpc) is 2.68. The highest BCUT2D eigenvalue weighted by atomic mass is 32.2.